The Kier molecular flexibility index (Phi) is 4.71. The first-order valence-electron chi connectivity index (χ1n) is 6.69. The van der Waals surface area contributed by atoms with Gasteiger partial charge in [0.05, 0.1) is 17.9 Å². The number of hydrogen-bond donors (Lipinski definition) is 1. The van der Waals surface area contributed by atoms with Gasteiger partial charge in [-0.05, 0) is 32.4 Å². The Morgan fingerprint density at radius 3 is 2.79 bits per heavy atom. The predicted octanol–water partition coefficient (Wildman–Crippen LogP) is 2.75. The lowest BCUT2D eigenvalue weighted by Crippen LogP contribution is -2.18. The first-order chi connectivity index (χ1) is 9.04. The fourth-order valence-corrected chi connectivity index (χ4v) is 2.71. The number of rotatable bonds is 6. The highest BCUT2D eigenvalue weighted by Crippen LogP contribution is 2.12. The second kappa shape index (κ2) is 6.30. The normalized spacial score (nSPS) is 11.4. The third-order valence-corrected chi connectivity index (χ3v) is 3.74. The number of aryl methyl sites for hydroxylation is 2. The molecule has 0 amide bonds. The van der Waals surface area contributed by atoms with Crippen LogP contribution < -0.4 is 5.32 Å². The lowest BCUT2D eigenvalue weighted by atomic mass is 10.2. The molecule has 2 heterocycles. The van der Waals surface area contributed by atoms with Gasteiger partial charge in [-0.3, -0.25) is 4.68 Å². The van der Waals surface area contributed by atoms with Gasteiger partial charge in [-0.1, -0.05) is 13.8 Å². The summed E-state index contributed by atoms with van der Waals surface area (Å²) in [5.41, 5.74) is 3.34. The van der Waals surface area contributed by atoms with Crippen molar-refractivity contribution in [3.63, 3.8) is 0 Å². The van der Waals surface area contributed by atoms with Crippen molar-refractivity contribution in [3.05, 3.63) is 33.5 Å². The van der Waals surface area contributed by atoms with Gasteiger partial charge in [0.1, 0.15) is 5.01 Å². The zero-order valence-electron chi connectivity index (χ0n) is 12.1. The molecule has 4 nitrogen and oxygen atoms in total. The number of nitrogens with one attached hydrogen (secondary N) is 1. The Morgan fingerprint density at radius 2 is 2.16 bits per heavy atom. The van der Waals surface area contributed by atoms with Crippen LogP contribution in [0, 0.1) is 19.8 Å². The van der Waals surface area contributed by atoms with Crippen LogP contribution in [0.25, 0.3) is 0 Å². The van der Waals surface area contributed by atoms with Crippen molar-refractivity contribution in [2.45, 2.75) is 40.8 Å². The van der Waals surface area contributed by atoms with Crippen LogP contribution >= 0.6 is 11.3 Å². The molecule has 0 aliphatic carbocycles. The standard InChI is InChI=1S/C14H22N4S/c1-10(2)6-15-7-14-16-13(9-19-14)8-18-12(4)5-11(3)17-18/h5,9-10,15H,6-8H2,1-4H3. The topological polar surface area (TPSA) is 42.7 Å². The zero-order valence-corrected chi connectivity index (χ0v) is 12.9. The van der Waals surface area contributed by atoms with E-state index in [0.717, 1.165) is 36.0 Å². The highest BCUT2D eigenvalue weighted by Gasteiger charge is 2.06. The molecule has 0 radical (unpaired) electrons. The Morgan fingerprint density at radius 1 is 1.37 bits per heavy atom. The van der Waals surface area contributed by atoms with Crippen LogP contribution in [0.5, 0.6) is 0 Å². The van der Waals surface area contributed by atoms with Crippen LogP contribution in [-0.4, -0.2) is 21.3 Å². The molecule has 0 saturated heterocycles. The number of hydrogen-bond acceptors (Lipinski definition) is 4. The summed E-state index contributed by atoms with van der Waals surface area (Å²) in [5.74, 6) is 0.675. The van der Waals surface area contributed by atoms with Gasteiger partial charge < -0.3 is 5.32 Å². The summed E-state index contributed by atoms with van der Waals surface area (Å²) in [6.45, 7) is 11.2. The fraction of sp³-hybridized carbons (Fsp3) is 0.571. The molecular formula is C14H22N4S. The molecule has 0 aliphatic heterocycles. The molecule has 104 valence electrons. The maximum absolute atomic E-state index is 4.65. The Hall–Kier alpha value is -1.20. The Labute approximate surface area is 118 Å². The molecule has 0 saturated carbocycles. The van der Waals surface area contributed by atoms with Crippen molar-refractivity contribution in [2.24, 2.45) is 5.92 Å². The summed E-state index contributed by atoms with van der Waals surface area (Å²) in [6, 6.07) is 2.09. The van der Waals surface area contributed by atoms with Gasteiger partial charge in [-0.15, -0.1) is 11.3 Å². The molecule has 0 bridgehead atoms. The number of thiazole rings is 1. The monoisotopic (exact) mass is 278 g/mol. The third-order valence-electron chi connectivity index (χ3n) is 2.84. The lowest BCUT2D eigenvalue weighted by molar-refractivity contribution is 0.550. The minimum atomic E-state index is 0.675. The molecule has 0 fully saturated rings. The maximum Gasteiger partial charge on any atom is 0.107 e. The van der Waals surface area contributed by atoms with E-state index in [4.69, 9.17) is 0 Å². The van der Waals surface area contributed by atoms with E-state index in [1.54, 1.807) is 11.3 Å². The van der Waals surface area contributed by atoms with Gasteiger partial charge in [0.25, 0.3) is 0 Å². The zero-order chi connectivity index (χ0) is 13.8. The summed E-state index contributed by atoms with van der Waals surface area (Å²) in [7, 11) is 0. The first-order valence-corrected chi connectivity index (χ1v) is 7.57. The van der Waals surface area contributed by atoms with E-state index in [-0.39, 0.29) is 0 Å². The van der Waals surface area contributed by atoms with Gasteiger partial charge in [0.15, 0.2) is 0 Å². The fourth-order valence-electron chi connectivity index (χ4n) is 1.96. The average molecular weight is 278 g/mol. The summed E-state index contributed by atoms with van der Waals surface area (Å²) in [6.07, 6.45) is 0. The van der Waals surface area contributed by atoms with Crippen molar-refractivity contribution >= 4 is 11.3 Å². The SMILES string of the molecule is Cc1cc(C)n(Cc2csc(CNCC(C)C)n2)n1. The predicted molar refractivity (Wildman–Crippen MR) is 79.5 cm³/mol. The molecule has 19 heavy (non-hydrogen) atoms. The quantitative estimate of drug-likeness (QED) is 0.883. The van der Waals surface area contributed by atoms with Crippen LogP contribution in [0.15, 0.2) is 11.4 Å². The van der Waals surface area contributed by atoms with E-state index in [1.807, 2.05) is 11.6 Å². The molecule has 0 unspecified atom stereocenters. The minimum Gasteiger partial charge on any atom is -0.310 e. The Bertz CT molecular complexity index is 527. The molecule has 0 spiro atoms. The van der Waals surface area contributed by atoms with Gasteiger partial charge >= 0.3 is 0 Å². The van der Waals surface area contributed by atoms with Gasteiger partial charge in [-0.25, -0.2) is 4.98 Å². The highest BCUT2D eigenvalue weighted by molar-refractivity contribution is 7.09. The molecule has 0 aliphatic rings. The molecule has 0 aromatic carbocycles. The number of nitrogens with zero attached hydrogens (tertiary/aromatic N) is 3. The van der Waals surface area contributed by atoms with Gasteiger partial charge in [0.2, 0.25) is 0 Å². The first kappa shape index (κ1) is 14.2. The van der Waals surface area contributed by atoms with Crippen molar-refractivity contribution in [1.82, 2.24) is 20.1 Å². The van der Waals surface area contributed by atoms with Gasteiger partial charge in [0, 0.05) is 17.6 Å². The number of aromatic nitrogens is 3. The molecule has 2 rings (SSSR count). The van der Waals surface area contributed by atoms with Crippen LogP contribution in [0.3, 0.4) is 0 Å². The largest absolute Gasteiger partial charge is 0.310 e. The second-order valence-corrected chi connectivity index (χ2v) is 6.28. The third kappa shape index (κ3) is 4.14. The smallest absolute Gasteiger partial charge is 0.107 e. The van der Waals surface area contributed by atoms with E-state index >= 15 is 0 Å². The van der Waals surface area contributed by atoms with Crippen molar-refractivity contribution < 1.29 is 0 Å². The van der Waals surface area contributed by atoms with Crippen molar-refractivity contribution in [1.29, 1.82) is 0 Å². The van der Waals surface area contributed by atoms with Crippen LogP contribution in [-0.2, 0) is 13.1 Å². The summed E-state index contributed by atoms with van der Waals surface area (Å²) >= 11 is 1.72. The van der Waals surface area contributed by atoms with E-state index in [9.17, 15) is 0 Å². The van der Waals surface area contributed by atoms with E-state index in [1.165, 1.54) is 5.69 Å². The Balaban J connectivity index is 1.92. The molecule has 2 aromatic rings. The van der Waals surface area contributed by atoms with Crippen molar-refractivity contribution in [3.8, 4) is 0 Å². The summed E-state index contributed by atoms with van der Waals surface area (Å²) in [4.78, 5) is 4.65. The van der Waals surface area contributed by atoms with Crippen LogP contribution in [0.1, 0.15) is 35.9 Å². The summed E-state index contributed by atoms with van der Waals surface area (Å²) in [5, 5.41) is 11.2. The molecule has 1 N–H and O–H groups in total. The van der Waals surface area contributed by atoms with E-state index < -0.39 is 0 Å². The molecule has 5 heteroatoms. The van der Waals surface area contributed by atoms with Crippen molar-refractivity contribution in [2.75, 3.05) is 6.54 Å². The maximum atomic E-state index is 4.65. The molecule has 0 atom stereocenters. The van der Waals surface area contributed by atoms with Crippen LogP contribution in [0.2, 0.25) is 0 Å². The van der Waals surface area contributed by atoms with E-state index in [2.05, 4.69) is 47.6 Å². The minimum absolute atomic E-state index is 0.675. The highest BCUT2D eigenvalue weighted by atomic mass is 32.1. The average Bonchev–Trinajstić information content (AvgIpc) is 2.87. The molecular weight excluding hydrogens is 256 g/mol. The molecule has 2 aromatic heterocycles. The second-order valence-electron chi connectivity index (χ2n) is 5.34. The van der Waals surface area contributed by atoms with Crippen LogP contribution in [0.4, 0.5) is 0 Å². The van der Waals surface area contributed by atoms with E-state index in [0.29, 0.717) is 5.92 Å². The lowest BCUT2D eigenvalue weighted by Gasteiger charge is -2.04. The summed E-state index contributed by atoms with van der Waals surface area (Å²) < 4.78 is 2.01. The van der Waals surface area contributed by atoms with Gasteiger partial charge in [-0.2, -0.15) is 5.10 Å².